The summed E-state index contributed by atoms with van der Waals surface area (Å²) < 4.78 is 11.0. The molecule has 1 aromatic heterocycles. The van der Waals surface area contributed by atoms with Crippen molar-refractivity contribution in [1.82, 2.24) is 20.1 Å². The van der Waals surface area contributed by atoms with Gasteiger partial charge in [0, 0.05) is 44.0 Å². The molecule has 9 heteroatoms. The zero-order valence-electron chi connectivity index (χ0n) is 22.3. The van der Waals surface area contributed by atoms with Gasteiger partial charge < -0.3 is 24.8 Å². The Balaban J connectivity index is 1.15. The lowest BCUT2D eigenvalue weighted by molar-refractivity contribution is -0.139. The number of urea groups is 1. The van der Waals surface area contributed by atoms with E-state index in [1.54, 1.807) is 24.3 Å². The average molecular weight is 531 g/mol. The van der Waals surface area contributed by atoms with Crippen LogP contribution in [0.3, 0.4) is 0 Å². The molecule has 0 bridgehead atoms. The summed E-state index contributed by atoms with van der Waals surface area (Å²) in [5.41, 5.74) is 4.47. The van der Waals surface area contributed by atoms with Gasteiger partial charge in [-0.1, -0.05) is 35.9 Å². The number of rotatable bonds is 9. The van der Waals surface area contributed by atoms with E-state index in [-0.39, 0.29) is 24.7 Å². The summed E-state index contributed by atoms with van der Waals surface area (Å²) in [6.45, 7) is 6.98. The highest BCUT2D eigenvalue weighted by Crippen LogP contribution is 2.32. The van der Waals surface area contributed by atoms with Crippen molar-refractivity contribution in [3.05, 3.63) is 83.0 Å². The number of hydrogen-bond donors (Lipinski definition) is 2. The monoisotopic (exact) mass is 530 g/mol. The van der Waals surface area contributed by atoms with E-state index in [0.29, 0.717) is 23.9 Å². The topological polar surface area (TPSA) is 104 Å². The van der Waals surface area contributed by atoms with E-state index in [1.165, 1.54) is 11.1 Å². The Labute approximate surface area is 228 Å². The van der Waals surface area contributed by atoms with Crippen molar-refractivity contribution in [2.24, 2.45) is 0 Å². The second-order valence-electron chi connectivity index (χ2n) is 10.2. The number of hydrogen-bond acceptors (Lipinski definition) is 6. The van der Waals surface area contributed by atoms with Gasteiger partial charge in [0.1, 0.15) is 11.5 Å². The molecule has 0 unspecified atom stereocenters. The van der Waals surface area contributed by atoms with Crippen molar-refractivity contribution < 1.29 is 24.2 Å². The van der Waals surface area contributed by atoms with Crippen molar-refractivity contribution in [2.75, 3.05) is 26.2 Å². The van der Waals surface area contributed by atoms with Crippen LogP contribution in [0.15, 0.2) is 60.7 Å². The maximum atomic E-state index is 12.7. The molecule has 2 aliphatic rings. The van der Waals surface area contributed by atoms with Gasteiger partial charge in [-0.05, 0) is 62.1 Å². The minimum Gasteiger partial charge on any atom is -0.482 e. The van der Waals surface area contributed by atoms with Gasteiger partial charge in [0.2, 0.25) is 5.88 Å². The predicted octanol–water partition coefficient (Wildman–Crippen LogP) is 4.69. The number of aromatic nitrogens is 1. The molecule has 2 saturated heterocycles. The summed E-state index contributed by atoms with van der Waals surface area (Å²) in [6, 6.07) is 19.5. The fourth-order valence-electron chi connectivity index (χ4n) is 5.35. The van der Waals surface area contributed by atoms with Gasteiger partial charge in [-0.2, -0.15) is 0 Å². The molecule has 2 aromatic carbocycles. The first kappa shape index (κ1) is 26.5. The van der Waals surface area contributed by atoms with Gasteiger partial charge in [-0.25, -0.2) is 14.6 Å². The van der Waals surface area contributed by atoms with E-state index < -0.39 is 5.97 Å². The minimum absolute atomic E-state index is 0.0398. The number of carboxylic acid groups (broad SMARTS) is 1. The number of nitrogens with zero attached hydrogens (tertiary/aromatic N) is 3. The Morgan fingerprint density at radius 2 is 1.79 bits per heavy atom. The van der Waals surface area contributed by atoms with E-state index >= 15 is 0 Å². The third-order valence-corrected chi connectivity index (χ3v) is 7.37. The maximum absolute atomic E-state index is 12.7. The van der Waals surface area contributed by atoms with Crippen LogP contribution < -0.4 is 14.8 Å². The van der Waals surface area contributed by atoms with Crippen LogP contribution in [0.5, 0.6) is 17.4 Å². The SMILES string of the molecule is Cc1cccc([C@@H]2CNC(=O)N2C2CCN(Cc3ccc(Oc4ccc(OCC(=O)O)cc4)nc3C)CC2)c1. The molecule has 2 fully saturated rings. The molecule has 0 radical (unpaired) electrons. The number of carbonyl (C=O) groups excluding carboxylic acids is 1. The standard InChI is InChI=1S/C30H34N4O5/c1-20-4-3-5-22(16-20)27-17-31-30(37)34(27)24-12-14-33(15-13-24)18-23-6-11-28(32-21(23)2)39-26-9-7-25(8-10-26)38-19-29(35)36/h3-11,16,24,27H,12-15,17-19H2,1-2H3,(H,31,37)(H,35,36)/t27-/m0/s1. The lowest BCUT2D eigenvalue weighted by atomic mass is 9.98. The van der Waals surface area contributed by atoms with Crippen molar-refractivity contribution in [3.63, 3.8) is 0 Å². The number of aliphatic carboxylic acids is 1. The average Bonchev–Trinajstić information content (AvgIpc) is 3.31. The summed E-state index contributed by atoms with van der Waals surface area (Å²) in [5, 5.41) is 11.8. The number of aryl methyl sites for hydroxylation is 2. The van der Waals surface area contributed by atoms with E-state index in [1.807, 2.05) is 13.0 Å². The molecule has 0 saturated carbocycles. The third kappa shape index (κ3) is 6.49. The summed E-state index contributed by atoms with van der Waals surface area (Å²) in [6.07, 6.45) is 1.88. The number of amides is 2. The Morgan fingerprint density at radius 1 is 1.05 bits per heavy atom. The van der Waals surface area contributed by atoms with Crippen LogP contribution in [0.2, 0.25) is 0 Å². The van der Waals surface area contributed by atoms with Gasteiger partial charge in [0.15, 0.2) is 6.61 Å². The zero-order chi connectivity index (χ0) is 27.4. The highest BCUT2D eigenvalue weighted by molar-refractivity contribution is 5.77. The normalized spacial score (nSPS) is 18.2. The Bertz CT molecular complexity index is 1320. The molecule has 204 valence electrons. The molecular weight excluding hydrogens is 496 g/mol. The lowest BCUT2D eigenvalue weighted by Gasteiger charge is -2.39. The molecule has 1 atom stereocenters. The fourth-order valence-corrected chi connectivity index (χ4v) is 5.35. The van der Waals surface area contributed by atoms with Gasteiger partial charge in [0.05, 0.1) is 6.04 Å². The first-order valence-electron chi connectivity index (χ1n) is 13.3. The molecule has 2 N–H and O–H groups in total. The summed E-state index contributed by atoms with van der Waals surface area (Å²) in [7, 11) is 0. The van der Waals surface area contributed by atoms with E-state index in [4.69, 9.17) is 14.6 Å². The number of pyridine rings is 1. The summed E-state index contributed by atoms with van der Waals surface area (Å²) >= 11 is 0. The van der Waals surface area contributed by atoms with Crippen molar-refractivity contribution in [3.8, 4) is 17.4 Å². The van der Waals surface area contributed by atoms with Gasteiger partial charge in [-0.15, -0.1) is 0 Å². The maximum Gasteiger partial charge on any atom is 0.341 e. The molecule has 3 heterocycles. The van der Waals surface area contributed by atoms with Crippen molar-refractivity contribution in [1.29, 1.82) is 0 Å². The van der Waals surface area contributed by atoms with E-state index in [0.717, 1.165) is 43.7 Å². The smallest absolute Gasteiger partial charge is 0.341 e. The molecule has 2 aliphatic heterocycles. The largest absolute Gasteiger partial charge is 0.482 e. The van der Waals surface area contributed by atoms with Crippen LogP contribution in [0.25, 0.3) is 0 Å². The fraction of sp³-hybridized carbons (Fsp3) is 0.367. The van der Waals surface area contributed by atoms with Crippen molar-refractivity contribution in [2.45, 2.75) is 45.3 Å². The van der Waals surface area contributed by atoms with Crippen LogP contribution in [-0.2, 0) is 11.3 Å². The second kappa shape index (κ2) is 11.7. The first-order chi connectivity index (χ1) is 18.9. The third-order valence-electron chi connectivity index (χ3n) is 7.37. The van der Waals surface area contributed by atoms with E-state index in [9.17, 15) is 9.59 Å². The highest BCUT2D eigenvalue weighted by atomic mass is 16.5. The lowest BCUT2D eigenvalue weighted by Crippen LogP contribution is -2.46. The number of nitrogens with one attached hydrogen (secondary N) is 1. The van der Waals surface area contributed by atoms with Gasteiger partial charge in [-0.3, -0.25) is 4.90 Å². The number of carbonyl (C=O) groups is 2. The Morgan fingerprint density at radius 3 is 2.49 bits per heavy atom. The number of piperidine rings is 1. The molecule has 0 spiro atoms. The predicted molar refractivity (Wildman–Crippen MR) is 146 cm³/mol. The van der Waals surface area contributed by atoms with Gasteiger partial charge >= 0.3 is 12.0 Å². The highest BCUT2D eigenvalue weighted by Gasteiger charge is 2.38. The summed E-state index contributed by atoms with van der Waals surface area (Å²) in [4.78, 5) is 32.5. The molecular formula is C30H34N4O5. The molecule has 2 amide bonds. The molecule has 5 rings (SSSR count). The van der Waals surface area contributed by atoms with Crippen LogP contribution >= 0.6 is 0 Å². The van der Waals surface area contributed by atoms with Gasteiger partial charge in [0.25, 0.3) is 0 Å². The van der Waals surface area contributed by atoms with Crippen LogP contribution in [0.1, 0.15) is 41.3 Å². The summed E-state index contributed by atoms with van der Waals surface area (Å²) in [5.74, 6) is 0.528. The van der Waals surface area contributed by atoms with Crippen LogP contribution in [0, 0.1) is 13.8 Å². The Kier molecular flexibility index (Phi) is 7.97. The molecule has 39 heavy (non-hydrogen) atoms. The first-order valence-corrected chi connectivity index (χ1v) is 13.3. The molecule has 9 nitrogen and oxygen atoms in total. The number of likely N-dealkylation sites (tertiary alicyclic amines) is 1. The quantitative estimate of drug-likeness (QED) is 0.414. The van der Waals surface area contributed by atoms with Crippen LogP contribution in [0.4, 0.5) is 4.79 Å². The zero-order valence-corrected chi connectivity index (χ0v) is 22.3. The minimum atomic E-state index is -1.02. The Hall–Kier alpha value is -4.11. The number of benzene rings is 2. The van der Waals surface area contributed by atoms with Crippen LogP contribution in [-0.4, -0.2) is 64.2 Å². The second-order valence-corrected chi connectivity index (χ2v) is 10.2. The molecule has 0 aliphatic carbocycles. The number of carboxylic acids is 1. The molecule has 3 aromatic rings. The number of ether oxygens (including phenoxy) is 2. The van der Waals surface area contributed by atoms with E-state index in [2.05, 4.69) is 57.4 Å². The van der Waals surface area contributed by atoms with Crippen molar-refractivity contribution >= 4 is 12.0 Å².